The normalized spacial score (nSPS) is 19.6. The van der Waals surface area contributed by atoms with Gasteiger partial charge in [0, 0.05) is 36.7 Å². The molecule has 0 bridgehead atoms. The Kier molecular flexibility index (Phi) is 5.47. The Morgan fingerprint density at radius 1 is 1.28 bits per heavy atom. The molecule has 1 aromatic carbocycles. The third-order valence-electron chi connectivity index (χ3n) is 4.29. The van der Waals surface area contributed by atoms with Crippen LogP contribution in [-0.4, -0.2) is 35.1 Å². The summed E-state index contributed by atoms with van der Waals surface area (Å²) in [6.07, 6.45) is 4.12. The van der Waals surface area contributed by atoms with E-state index in [9.17, 15) is 9.90 Å². The van der Waals surface area contributed by atoms with Crippen LogP contribution in [0.1, 0.15) is 23.6 Å². The van der Waals surface area contributed by atoms with E-state index in [1.807, 2.05) is 25.1 Å². The Balaban J connectivity index is 1.44. The molecule has 1 amide bonds. The van der Waals surface area contributed by atoms with E-state index in [-0.39, 0.29) is 23.7 Å². The third-order valence-corrected chi connectivity index (χ3v) is 4.29. The van der Waals surface area contributed by atoms with E-state index in [0.717, 1.165) is 16.8 Å². The van der Waals surface area contributed by atoms with Crippen LogP contribution >= 0.6 is 0 Å². The maximum Gasteiger partial charge on any atom is 0.238 e. The number of carbonyl (C=O) groups is 1. The number of nitrogens with one attached hydrogen (secondary N) is 4. The molecule has 0 radical (unpaired) electrons. The molecule has 7 heteroatoms. The van der Waals surface area contributed by atoms with Crippen molar-refractivity contribution >= 4 is 11.6 Å². The van der Waals surface area contributed by atoms with Crippen molar-refractivity contribution in [1.82, 2.24) is 21.2 Å². The monoisotopic (exact) mass is 341 g/mol. The number of pyridine rings is 1. The molecule has 2 aromatic rings. The maximum absolute atomic E-state index is 12.3. The molecular weight excluding hydrogens is 318 g/mol. The van der Waals surface area contributed by atoms with Crippen molar-refractivity contribution in [3.05, 3.63) is 53.9 Å². The number of hydrogen-bond donors (Lipinski definition) is 5. The van der Waals surface area contributed by atoms with Gasteiger partial charge >= 0.3 is 0 Å². The van der Waals surface area contributed by atoms with E-state index >= 15 is 0 Å². The molecule has 0 aliphatic carbocycles. The number of carbonyl (C=O) groups excluding carboxylic acids is 1. The Hall–Kier alpha value is -2.64. The van der Waals surface area contributed by atoms with E-state index in [1.54, 1.807) is 24.5 Å². The van der Waals surface area contributed by atoms with Gasteiger partial charge in [0.05, 0.1) is 6.04 Å². The van der Waals surface area contributed by atoms with Crippen LogP contribution < -0.4 is 21.5 Å². The topological polar surface area (TPSA) is 98.3 Å². The van der Waals surface area contributed by atoms with Crippen LogP contribution in [0.2, 0.25) is 0 Å². The molecule has 5 N–H and O–H groups in total. The van der Waals surface area contributed by atoms with Gasteiger partial charge in [-0.05, 0) is 31.0 Å². The standard InChI is InChI=1S/C18H23N5O2/c1-12-11-19-7-6-14(12)20-8-9-21-18(25)16-10-15(22-23-16)13-4-2-3-5-17(13)24/h2-7,11,15-16,22-24H,8-10H2,1H3,(H,19,20)(H,21,25). The maximum atomic E-state index is 12.3. The zero-order valence-electron chi connectivity index (χ0n) is 14.1. The van der Waals surface area contributed by atoms with Crippen LogP contribution in [0.25, 0.3) is 0 Å². The minimum atomic E-state index is -0.327. The lowest BCUT2D eigenvalue weighted by atomic mass is 10.0. The number of hydrazine groups is 1. The third kappa shape index (κ3) is 4.26. The fraction of sp³-hybridized carbons (Fsp3) is 0.333. The Morgan fingerprint density at radius 2 is 2.12 bits per heavy atom. The second-order valence-electron chi connectivity index (χ2n) is 6.10. The van der Waals surface area contributed by atoms with Gasteiger partial charge in [-0.25, -0.2) is 10.9 Å². The van der Waals surface area contributed by atoms with Gasteiger partial charge in [0.15, 0.2) is 0 Å². The number of aromatic hydroxyl groups is 1. The predicted octanol–water partition coefficient (Wildman–Crippen LogP) is 1.23. The van der Waals surface area contributed by atoms with Gasteiger partial charge in [0.1, 0.15) is 11.8 Å². The fourth-order valence-electron chi connectivity index (χ4n) is 2.89. The summed E-state index contributed by atoms with van der Waals surface area (Å²) in [5.74, 6) is 0.179. The van der Waals surface area contributed by atoms with E-state index in [0.29, 0.717) is 19.5 Å². The largest absolute Gasteiger partial charge is 0.508 e. The van der Waals surface area contributed by atoms with Gasteiger partial charge in [-0.1, -0.05) is 18.2 Å². The number of phenols is 1. The number of hydrogen-bond acceptors (Lipinski definition) is 6. The lowest BCUT2D eigenvalue weighted by Crippen LogP contribution is -2.44. The first-order valence-corrected chi connectivity index (χ1v) is 8.36. The number of aryl methyl sites for hydroxylation is 1. The highest BCUT2D eigenvalue weighted by Gasteiger charge is 2.30. The highest BCUT2D eigenvalue weighted by atomic mass is 16.3. The zero-order valence-corrected chi connectivity index (χ0v) is 14.1. The molecule has 3 rings (SSSR count). The Labute approximate surface area is 146 Å². The van der Waals surface area contributed by atoms with Crippen LogP contribution in [0, 0.1) is 6.92 Å². The molecule has 7 nitrogen and oxygen atoms in total. The Morgan fingerprint density at radius 3 is 2.92 bits per heavy atom. The van der Waals surface area contributed by atoms with E-state index in [2.05, 4.69) is 26.5 Å². The van der Waals surface area contributed by atoms with Gasteiger partial charge < -0.3 is 15.7 Å². The summed E-state index contributed by atoms with van der Waals surface area (Å²) in [4.78, 5) is 16.3. The second kappa shape index (κ2) is 7.96. The van der Waals surface area contributed by atoms with Crippen molar-refractivity contribution in [3.8, 4) is 5.75 Å². The van der Waals surface area contributed by atoms with E-state index in [1.165, 1.54) is 0 Å². The van der Waals surface area contributed by atoms with Crippen molar-refractivity contribution in [1.29, 1.82) is 0 Å². The van der Waals surface area contributed by atoms with E-state index < -0.39 is 0 Å². The molecule has 0 saturated carbocycles. The lowest BCUT2D eigenvalue weighted by Gasteiger charge is -2.13. The lowest BCUT2D eigenvalue weighted by molar-refractivity contribution is -0.122. The predicted molar refractivity (Wildman–Crippen MR) is 96.0 cm³/mol. The Bertz CT molecular complexity index is 737. The zero-order chi connectivity index (χ0) is 17.6. The smallest absolute Gasteiger partial charge is 0.238 e. The summed E-state index contributed by atoms with van der Waals surface area (Å²) in [6, 6.07) is 8.66. The first-order valence-electron chi connectivity index (χ1n) is 8.36. The van der Waals surface area contributed by atoms with Crippen molar-refractivity contribution in [2.24, 2.45) is 0 Å². The number of rotatable bonds is 6. The molecule has 1 fully saturated rings. The molecular formula is C18H23N5O2. The minimum Gasteiger partial charge on any atom is -0.508 e. The van der Waals surface area contributed by atoms with Gasteiger partial charge in [-0.15, -0.1) is 0 Å². The quantitative estimate of drug-likeness (QED) is 0.507. The summed E-state index contributed by atoms with van der Waals surface area (Å²) in [6.45, 7) is 3.15. The molecule has 0 spiro atoms. The average molecular weight is 341 g/mol. The molecule has 1 saturated heterocycles. The molecule has 1 aliphatic heterocycles. The number of amides is 1. The van der Waals surface area contributed by atoms with Crippen molar-refractivity contribution in [2.75, 3.05) is 18.4 Å². The van der Waals surface area contributed by atoms with E-state index in [4.69, 9.17) is 0 Å². The summed E-state index contributed by atoms with van der Waals surface area (Å²) >= 11 is 0. The summed E-state index contributed by atoms with van der Waals surface area (Å²) in [5, 5.41) is 16.1. The summed E-state index contributed by atoms with van der Waals surface area (Å²) in [7, 11) is 0. The average Bonchev–Trinajstić information content (AvgIpc) is 3.10. The van der Waals surface area contributed by atoms with Crippen LogP contribution in [0.3, 0.4) is 0 Å². The van der Waals surface area contributed by atoms with Crippen LogP contribution in [-0.2, 0) is 4.79 Å². The first-order chi connectivity index (χ1) is 12.1. The van der Waals surface area contributed by atoms with Crippen LogP contribution in [0.5, 0.6) is 5.75 Å². The van der Waals surface area contributed by atoms with Gasteiger partial charge in [-0.2, -0.15) is 0 Å². The number of para-hydroxylation sites is 1. The molecule has 25 heavy (non-hydrogen) atoms. The number of aromatic nitrogens is 1. The molecule has 2 unspecified atom stereocenters. The highest BCUT2D eigenvalue weighted by Crippen LogP contribution is 2.28. The highest BCUT2D eigenvalue weighted by molar-refractivity contribution is 5.82. The van der Waals surface area contributed by atoms with Crippen LogP contribution in [0.4, 0.5) is 5.69 Å². The molecule has 1 aromatic heterocycles. The molecule has 1 aliphatic rings. The number of benzene rings is 1. The second-order valence-corrected chi connectivity index (χ2v) is 6.10. The SMILES string of the molecule is Cc1cnccc1NCCNC(=O)C1CC(c2ccccc2O)NN1. The van der Waals surface area contributed by atoms with Gasteiger partial charge in [-0.3, -0.25) is 9.78 Å². The number of nitrogens with zero attached hydrogens (tertiary/aromatic N) is 1. The number of phenolic OH excluding ortho intramolecular Hbond substituents is 1. The van der Waals surface area contributed by atoms with Crippen molar-refractivity contribution < 1.29 is 9.90 Å². The van der Waals surface area contributed by atoms with Crippen LogP contribution in [0.15, 0.2) is 42.7 Å². The first kappa shape index (κ1) is 17.2. The van der Waals surface area contributed by atoms with Gasteiger partial charge in [0.25, 0.3) is 0 Å². The number of anilines is 1. The summed E-state index contributed by atoms with van der Waals surface area (Å²) < 4.78 is 0. The van der Waals surface area contributed by atoms with Crippen molar-refractivity contribution in [3.63, 3.8) is 0 Å². The van der Waals surface area contributed by atoms with Crippen molar-refractivity contribution in [2.45, 2.75) is 25.4 Å². The molecule has 132 valence electrons. The molecule has 2 atom stereocenters. The minimum absolute atomic E-state index is 0.0568. The molecule has 2 heterocycles. The summed E-state index contributed by atoms with van der Waals surface area (Å²) in [5.41, 5.74) is 8.95. The van der Waals surface area contributed by atoms with Gasteiger partial charge in [0.2, 0.25) is 5.91 Å². The fourth-order valence-corrected chi connectivity index (χ4v) is 2.89.